The Morgan fingerprint density at radius 2 is 1.09 bits per heavy atom. The lowest BCUT2D eigenvalue weighted by atomic mass is 9.86. The number of rotatable bonds is 4. The summed E-state index contributed by atoms with van der Waals surface area (Å²) in [7, 11) is 0. The van der Waals surface area contributed by atoms with E-state index < -0.39 is 0 Å². The minimum atomic E-state index is 1.09. The zero-order valence-corrected chi connectivity index (χ0v) is 24.8. The summed E-state index contributed by atoms with van der Waals surface area (Å²) in [4.78, 5) is 0. The largest absolute Gasteiger partial charge is 0.308 e. The van der Waals surface area contributed by atoms with Crippen molar-refractivity contribution >= 4 is 77.0 Å². The van der Waals surface area contributed by atoms with E-state index in [0.717, 1.165) is 22.3 Å². The van der Waals surface area contributed by atoms with Gasteiger partial charge in [-0.1, -0.05) is 141 Å². The molecule has 210 valence electrons. The molecule has 0 atom stereocenters. The van der Waals surface area contributed by atoms with E-state index >= 15 is 0 Å². The highest BCUT2D eigenvalue weighted by molar-refractivity contribution is 6.33. The molecule has 1 aromatic heterocycles. The summed E-state index contributed by atoms with van der Waals surface area (Å²) in [6.07, 6.45) is 4.03. The molecule has 9 rings (SSSR count). The number of aromatic nitrogens is 1. The minimum Gasteiger partial charge on any atom is -0.308 e. The summed E-state index contributed by atoms with van der Waals surface area (Å²) in [5.41, 5.74) is 8.12. The van der Waals surface area contributed by atoms with Gasteiger partial charge in [-0.2, -0.15) is 0 Å². The number of fused-ring (bicyclic) bond motifs is 9. The highest BCUT2D eigenvalue weighted by Gasteiger charge is 2.23. The number of hydrogen-bond donors (Lipinski definition) is 0. The Bertz CT molecular complexity index is 2680. The van der Waals surface area contributed by atoms with E-state index in [0.29, 0.717) is 0 Å². The predicted molar refractivity (Wildman–Crippen MR) is 196 cm³/mol. The van der Waals surface area contributed by atoms with Crippen LogP contribution < -0.4 is 0 Å². The molecule has 0 aliphatic carbocycles. The van der Waals surface area contributed by atoms with Crippen LogP contribution in [0.2, 0.25) is 0 Å². The molecule has 0 amide bonds. The van der Waals surface area contributed by atoms with Crippen LogP contribution in [-0.2, 0) is 0 Å². The van der Waals surface area contributed by atoms with Crippen LogP contribution in [0.3, 0.4) is 0 Å². The van der Waals surface area contributed by atoms with Crippen LogP contribution >= 0.6 is 0 Å². The van der Waals surface area contributed by atoms with Crippen molar-refractivity contribution in [3.8, 4) is 16.8 Å². The lowest BCUT2D eigenvalue weighted by molar-refractivity contribution is 1.20. The number of benzene rings is 8. The molecule has 0 spiro atoms. The van der Waals surface area contributed by atoms with E-state index in [1.807, 2.05) is 12.2 Å². The Kier molecular flexibility index (Phi) is 5.57. The van der Waals surface area contributed by atoms with Crippen LogP contribution in [0.4, 0.5) is 0 Å². The summed E-state index contributed by atoms with van der Waals surface area (Å²) < 4.78 is 2.45. The second kappa shape index (κ2) is 9.80. The number of nitrogens with zero attached hydrogens (tertiary/aromatic N) is 1. The second-order valence-corrected chi connectivity index (χ2v) is 11.8. The molecule has 1 heterocycles. The van der Waals surface area contributed by atoms with Gasteiger partial charge in [-0.3, -0.25) is 0 Å². The number of hydrogen-bond acceptors (Lipinski definition) is 0. The summed E-state index contributed by atoms with van der Waals surface area (Å²) in [5, 5.41) is 12.3. The van der Waals surface area contributed by atoms with Gasteiger partial charge >= 0.3 is 0 Å². The molecule has 0 saturated heterocycles. The standard InChI is InChI=1S/C44H29N/c1-3-32-33(4-2)44-43(37-21-11-12-22-41(37)45(44)40-23-13-17-29-15-7-8-18-34(29)40)42-36-20-10-9-19-35(36)38(27-39(32)42)31-25-24-28-14-5-6-16-30(28)26-31/h3-27H,1-2H2. The highest BCUT2D eigenvalue weighted by Crippen LogP contribution is 2.47. The maximum Gasteiger partial charge on any atom is 0.0626 e. The van der Waals surface area contributed by atoms with Crippen molar-refractivity contribution < 1.29 is 0 Å². The third-order valence-electron chi connectivity index (χ3n) is 9.48. The third kappa shape index (κ3) is 3.62. The van der Waals surface area contributed by atoms with Gasteiger partial charge in [-0.25, -0.2) is 0 Å². The van der Waals surface area contributed by atoms with Crippen molar-refractivity contribution in [1.29, 1.82) is 0 Å². The van der Waals surface area contributed by atoms with Gasteiger partial charge in [0.15, 0.2) is 0 Å². The Balaban J connectivity index is 1.52. The molecular weight excluding hydrogens is 542 g/mol. The fourth-order valence-corrected chi connectivity index (χ4v) is 7.55. The molecular formula is C44H29N. The molecule has 0 fully saturated rings. The third-order valence-corrected chi connectivity index (χ3v) is 9.48. The Labute approximate surface area is 261 Å². The number of para-hydroxylation sites is 1. The van der Waals surface area contributed by atoms with Gasteiger partial charge in [0.2, 0.25) is 0 Å². The van der Waals surface area contributed by atoms with Gasteiger partial charge in [-0.05, 0) is 73.3 Å². The molecule has 0 bridgehead atoms. The molecule has 0 radical (unpaired) electrons. The van der Waals surface area contributed by atoms with Crippen molar-refractivity contribution in [1.82, 2.24) is 4.57 Å². The molecule has 1 heteroatoms. The summed E-state index contributed by atoms with van der Waals surface area (Å²) in [6, 6.07) is 50.7. The fourth-order valence-electron chi connectivity index (χ4n) is 7.55. The van der Waals surface area contributed by atoms with Crippen molar-refractivity contribution in [2.24, 2.45) is 0 Å². The quantitative estimate of drug-likeness (QED) is 0.185. The average molecular weight is 572 g/mol. The van der Waals surface area contributed by atoms with Gasteiger partial charge in [0.05, 0.1) is 16.7 Å². The maximum atomic E-state index is 4.38. The van der Waals surface area contributed by atoms with Crippen molar-refractivity contribution in [3.63, 3.8) is 0 Å². The summed E-state index contributed by atoms with van der Waals surface area (Å²) in [6.45, 7) is 8.75. The zero-order chi connectivity index (χ0) is 30.1. The van der Waals surface area contributed by atoms with E-state index in [1.54, 1.807) is 0 Å². The fraction of sp³-hybridized carbons (Fsp3) is 0. The Morgan fingerprint density at radius 1 is 0.444 bits per heavy atom. The monoisotopic (exact) mass is 571 g/mol. The molecule has 0 aliphatic heterocycles. The van der Waals surface area contributed by atoms with E-state index in [2.05, 4.69) is 157 Å². The predicted octanol–water partition coefficient (Wildman–Crippen LogP) is 12.3. The van der Waals surface area contributed by atoms with E-state index in [4.69, 9.17) is 0 Å². The van der Waals surface area contributed by atoms with Gasteiger partial charge in [0.1, 0.15) is 0 Å². The molecule has 0 saturated carbocycles. The lowest BCUT2D eigenvalue weighted by Gasteiger charge is -2.18. The smallest absolute Gasteiger partial charge is 0.0626 e. The molecule has 0 N–H and O–H groups in total. The SMILES string of the molecule is C=Cc1c(C=C)c2c(c3ccccc3n2-c2cccc3ccccc23)c2c1cc(-c1ccc3ccccc3c1)c1ccccc12. The Hall–Kier alpha value is -5.92. The molecule has 8 aromatic carbocycles. The topological polar surface area (TPSA) is 4.93 Å². The molecule has 0 aliphatic rings. The van der Waals surface area contributed by atoms with Gasteiger partial charge in [0.25, 0.3) is 0 Å². The summed E-state index contributed by atoms with van der Waals surface area (Å²) >= 11 is 0. The molecule has 1 nitrogen and oxygen atoms in total. The van der Waals surface area contributed by atoms with E-state index in [9.17, 15) is 0 Å². The Morgan fingerprint density at radius 3 is 1.89 bits per heavy atom. The highest BCUT2D eigenvalue weighted by atomic mass is 15.0. The first kappa shape index (κ1) is 25.6. The van der Waals surface area contributed by atoms with Crippen LogP contribution in [0.25, 0.3) is 93.9 Å². The lowest BCUT2D eigenvalue weighted by Crippen LogP contribution is -1.99. The normalized spacial score (nSPS) is 11.7. The average Bonchev–Trinajstić information content (AvgIpc) is 3.44. The van der Waals surface area contributed by atoms with Gasteiger partial charge in [-0.15, -0.1) is 0 Å². The van der Waals surface area contributed by atoms with Gasteiger partial charge in [0, 0.05) is 27.1 Å². The first-order valence-corrected chi connectivity index (χ1v) is 15.4. The maximum absolute atomic E-state index is 4.38. The first-order valence-electron chi connectivity index (χ1n) is 15.4. The second-order valence-electron chi connectivity index (χ2n) is 11.8. The van der Waals surface area contributed by atoms with Crippen LogP contribution in [-0.4, -0.2) is 4.57 Å². The summed E-state index contributed by atoms with van der Waals surface area (Å²) in [5.74, 6) is 0. The molecule has 0 unspecified atom stereocenters. The first-order chi connectivity index (χ1) is 22.3. The molecule has 45 heavy (non-hydrogen) atoms. The zero-order valence-electron chi connectivity index (χ0n) is 24.8. The van der Waals surface area contributed by atoms with Crippen molar-refractivity contribution in [2.45, 2.75) is 0 Å². The minimum absolute atomic E-state index is 1.09. The van der Waals surface area contributed by atoms with Crippen LogP contribution in [0.1, 0.15) is 11.1 Å². The van der Waals surface area contributed by atoms with E-state index in [1.165, 1.54) is 70.5 Å². The van der Waals surface area contributed by atoms with Crippen molar-refractivity contribution in [2.75, 3.05) is 0 Å². The van der Waals surface area contributed by atoms with Crippen molar-refractivity contribution in [3.05, 3.63) is 164 Å². The van der Waals surface area contributed by atoms with Crippen LogP contribution in [0, 0.1) is 0 Å². The van der Waals surface area contributed by atoms with Gasteiger partial charge < -0.3 is 4.57 Å². The molecule has 9 aromatic rings. The van der Waals surface area contributed by atoms with Crippen LogP contribution in [0.5, 0.6) is 0 Å². The van der Waals surface area contributed by atoms with E-state index in [-0.39, 0.29) is 0 Å². The van der Waals surface area contributed by atoms with Crippen LogP contribution in [0.15, 0.2) is 153 Å².